The van der Waals surface area contributed by atoms with Crippen LogP contribution in [0.1, 0.15) is 53.9 Å². The summed E-state index contributed by atoms with van der Waals surface area (Å²) in [6.45, 7) is 10.6. The molecule has 1 aliphatic rings. The number of amides is 1. The van der Waals surface area contributed by atoms with E-state index in [-0.39, 0.29) is 18.2 Å². The zero-order valence-corrected chi connectivity index (χ0v) is 11.8. The highest BCUT2D eigenvalue weighted by Gasteiger charge is 2.33. The number of nitrogens with one attached hydrogen (secondary N) is 1. The van der Waals surface area contributed by atoms with Crippen LogP contribution in [0.15, 0.2) is 0 Å². The van der Waals surface area contributed by atoms with Crippen molar-refractivity contribution in [2.75, 3.05) is 0 Å². The summed E-state index contributed by atoms with van der Waals surface area (Å²) in [5.74, 6) is 1.77. The Hall–Kier alpha value is -0.730. The van der Waals surface area contributed by atoms with Crippen LogP contribution in [0, 0.1) is 17.8 Å². The Bertz CT molecular complexity index is 251. The maximum Gasteiger partial charge on any atom is 0.407 e. The lowest BCUT2D eigenvalue weighted by molar-refractivity contribution is 0.00543. The topological polar surface area (TPSA) is 38.3 Å². The smallest absolute Gasteiger partial charge is 0.407 e. The van der Waals surface area contributed by atoms with Gasteiger partial charge in [-0.3, -0.25) is 0 Å². The van der Waals surface area contributed by atoms with E-state index in [9.17, 15) is 4.79 Å². The Morgan fingerprint density at radius 2 is 1.88 bits per heavy atom. The van der Waals surface area contributed by atoms with Crippen LogP contribution in [-0.4, -0.2) is 18.2 Å². The number of carbonyl (C=O) groups excluding carboxylic acids is 1. The molecule has 3 atom stereocenters. The Balaban J connectivity index is 2.54. The zero-order chi connectivity index (χ0) is 13.0. The highest BCUT2D eigenvalue weighted by molar-refractivity contribution is 5.67. The minimum atomic E-state index is -0.259. The first-order valence-electron chi connectivity index (χ1n) is 6.87. The Morgan fingerprint density at radius 3 is 2.41 bits per heavy atom. The minimum Gasteiger partial charge on any atom is -0.446 e. The van der Waals surface area contributed by atoms with E-state index >= 15 is 0 Å². The third-order valence-electron chi connectivity index (χ3n) is 3.63. The summed E-state index contributed by atoms with van der Waals surface area (Å²) in [5.41, 5.74) is 0. The van der Waals surface area contributed by atoms with E-state index in [1.165, 1.54) is 12.8 Å². The molecule has 0 aliphatic heterocycles. The van der Waals surface area contributed by atoms with Gasteiger partial charge in [0.25, 0.3) is 0 Å². The van der Waals surface area contributed by atoms with E-state index in [1.54, 1.807) is 0 Å². The summed E-state index contributed by atoms with van der Waals surface area (Å²) in [4.78, 5) is 11.7. The minimum absolute atomic E-state index is 0.0949. The van der Waals surface area contributed by atoms with Gasteiger partial charge in [0.15, 0.2) is 0 Å². The van der Waals surface area contributed by atoms with Gasteiger partial charge in [-0.1, -0.05) is 27.2 Å². The third-order valence-corrected chi connectivity index (χ3v) is 3.63. The highest BCUT2D eigenvalue weighted by atomic mass is 16.6. The summed E-state index contributed by atoms with van der Waals surface area (Å²) in [6.07, 6.45) is 3.28. The van der Waals surface area contributed by atoms with Gasteiger partial charge in [0, 0.05) is 6.04 Å². The van der Waals surface area contributed by atoms with Gasteiger partial charge in [-0.05, 0) is 44.4 Å². The lowest BCUT2D eigenvalue weighted by Gasteiger charge is -2.36. The molecule has 1 fully saturated rings. The van der Waals surface area contributed by atoms with E-state index in [4.69, 9.17) is 4.74 Å². The van der Waals surface area contributed by atoms with Gasteiger partial charge in [-0.25, -0.2) is 4.79 Å². The van der Waals surface area contributed by atoms with Crippen molar-refractivity contribution < 1.29 is 9.53 Å². The van der Waals surface area contributed by atoms with Gasteiger partial charge in [-0.2, -0.15) is 0 Å². The molecule has 1 saturated carbocycles. The number of alkyl carbamates (subject to hydrolysis) is 1. The van der Waals surface area contributed by atoms with Crippen LogP contribution in [-0.2, 0) is 4.74 Å². The molecule has 17 heavy (non-hydrogen) atoms. The fourth-order valence-corrected chi connectivity index (χ4v) is 2.66. The first-order chi connectivity index (χ1) is 7.90. The molecule has 1 rings (SSSR count). The predicted octanol–water partition coefficient (Wildman–Crippen LogP) is 3.58. The summed E-state index contributed by atoms with van der Waals surface area (Å²) >= 11 is 0. The molecule has 1 aliphatic carbocycles. The van der Waals surface area contributed by atoms with Gasteiger partial charge in [-0.15, -0.1) is 0 Å². The van der Waals surface area contributed by atoms with Crippen molar-refractivity contribution in [1.82, 2.24) is 5.32 Å². The van der Waals surface area contributed by atoms with Crippen molar-refractivity contribution >= 4 is 6.09 Å². The molecule has 0 spiro atoms. The molecule has 0 aromatic heterocycles. The van der Waals surface area contributed by atoms with Gasteiger partial charge in [0.1, 0.15) is 6.10 Å². The molecule has 0 bridgehead atoms. The second-order valence-electron chi connectivity index (χ2n) is 6.07. The van der Waals surface area contributed by atoms with Gasteiger partial charge < -0.3 is 10.1 Å². The monoisotopic (exact) mass is 241 g/mol. The zero-order valence-electron chi connectivity index (χ0n) is 11.8. The molecule has 0 aromatic carbocycles. The molecule has 1 N–H and O–H groups in total. The Morgan fingerprint density at radius 1 is 1.24 bits per heavy atom. The van der Waals surface area contributed by atoms with Crippen molar-refractivity contribution in [1.29, 1.82) is 0 Å². The molecule has 0 saturated heterocycles. The molecule has 3 heteroatoms. The largest absolute Gasteiger partial charge is 0.446 e. The molecule has 100 valence electrons. The first kappa shape index (κ1) is 14.3. The maximum atomic E-state index is 11.7. The molecule has 0 radical (unpaired) electrons. The van der Waals surface area contributed by atoms with Crippen LogP contribution in [0.3, 0.4) is 0 Å². The first-order valence-corrected chi connectivity index (χ1v) is 6.87. The van der Waals surface area contributed by atoms with Crippen molar-refractivity contribution in [3.8, 4) is 0 Å². The van der Waals surface area contributed by atoms with Gasteiger partial charge in [0.05, 0.1) is 0 Å². The van der Waals surface area contributed by atoms with Crippen molar-refractivity contribution in [2.24, 2.45) is 17.8 Å². The average molecular weight is 241 g/mol. The normalized spacial score (nSPS) is 29.5. The molecule has 0 aromatic rings. The summed E-state index contributed by atoms with van der Waals surface area (Å²) in [7, 11) is 0. The highest BCUT2D eigenvalue weighted by Crippen LogP contribution is 2.35. The van der Waals surface area contributed by atoms with Gasteiger partial charge >= 0.3 is 6.09 Å². The fourth-order valence-electron chi connectivity index (χ4n) is 2.66. The molecular weight excluding hydrogens is 214 g/mol. The molecule has 0 unspecified atom stereocenters. The lowest BCUT2D eigenvalue weighted by atomic mass is 9.75. The van der Waals surface area contributed by atoms with Crippen LogP contribution in [0.5, 0.6) is 0 Å². The van der Waals surface area contributed by atoms with Crippen LogP contribution in [0.25, 0.3) is 0 Å². The quantitative estimate of drug-likeness (QED) is 0.820. The van der Waals surface area contributed by atoms with E-state index in [0.717, 1.165) is 6.42 Å². The maximum absolute atomic E-state index is 11.7. The second-order valence-corrected chi connectivity index (χ2v) is 6.07. The summed E-state index contributed by atoms with van der Waals surface area (Å²) in [5, 5.41) is 2.80. The number of hydrogen-bond donors (Lipinski definition) is 1. The fraction of sp³-hybridized carbons (Fsp3) is 0.929. The average Bonchev–Trinajstić information content (AvgIpc) is 2.15. The van der Waals surface area contributed by atoms with Gasteiger partial charge in [0.2, 0.25) is 0 Å². The van der Waals surface area contributed by atoms with Crippen LogP contribution >= 0.6 is 0 Å². The van der Waals surface area contributed by atoms with Crippen LogP contribution in [0.4, 0.5) is 4.79 Å². The Labute approximate surface area is 105 Å². The number of carbonyl (C=O) groups is 1. The number of rotatable bonds is 3. The summed E-state index contributed by atoms with van der Waals surface area (Å²) in [6, 6.07) is 0.140. The molecule has 3 nitrogen and oxygen atoms in total. The van der Waals surface area contributed by atoms with E-state index in [0.29, 0.717) is 17.8 Å². The second kappa shape index (κ2) is 6.27. The Kier molecular flexibility index (Phi) is 5.29. The van der Waals surface area contributed by atoms with E-state index in [1.807, 2.05) is 13.8 Å². The summed E-state index contributed by atoms with van der Waals surface area (Å²) < 4.78 is 5.60. The van der Waals surface area contributed by atoms with Crippen LogP contribution in [0.2, 0.25) is 0 Å². The van der Waals surface area contributed by atoms with E-state index < -0.39 is 0 Å². The molecule has 0 heterocycles. The predicted molar refractivity (Wildman–Crippen MR) is 69.9 cm³/mol. The number of ether oxygens (including phenoxy) is 1. The number of hydrogen-bond acceptors (Lipinski definition) is 2. The molecule has 1 amide bonds. The van der Waals surface area contributed by atoms with Crippen LogP contribution < -0.4 is 5.32 Å². The third kappa shape index (κ3) is 4.57. The van der Waals surface area contributed by atoms with Crippen molar-refractivity contribution in [3.05, 3.63) is 0 Å². The van der Waals surface area contributed by atoms with E-state index in [2.05, 4.69) is 26.1 Å². The lowest BCUT2D eigenvalue weighted by Crippen LogP contribution is -2.40. The standard InChI is InChI=1S/C14H27NO2/c1-9(2)12-7-6-11(5)8-13(12)17-14(16)15-10(3)4/h9-13H,6-8H2,1-5H3,(H,15,16)/t11-,12+,13-/m1/s1. The van der Waals surface area contributed by atoms with Crippen molar-refractivity contribution in [2.45, 2.75) is 66.0 Å². The molecular formula is C14H27NO2. The van der Waals surface area contributed by atoms with Crippen molar-refractivity contribution in [3.63, 3.8) is 0 Å². The SMILES string of the molecule is CC(C)NC(=O)O[C@@H]1C[C@H](C)CC[C@H]1C(C)C.